The van der Waals surface area contributed by atoms with Crippen molar-refractivity contribution >= 4 is 0 Å². The number of pyridine rings is 1. The molecule has 0 amide bonds. The Morgan fingerprint density at radius 1 is 1.20 bits per heavy atom. The number of aryl methyl sites for hydroxylation is 2. The lowest BCUT2D eigenvalue weighted by Crippen LogP contribution is -2.35. The average Bonchev–Trinajstić information content (AvgIpc) is 2.96. The molecular formula is C18H26N2. The number of aromatic nitrogens is 1. The van der Waals surface area contributed by atoms with Crippen LogP contribution >= 0.6 is 0 Å². The molecule has 108 valence electrons. The number of rotatable bonds is 3. The maximum atomic E-state index is 5.08. The van der Waals surface area contributed by atoms with Crippen LogP contribution in [0.3, 0.4) is 0 Å². The molecule has 20 heavy (non-hydrogen) atoms. The Kier molecular flexibility index (Phi) is 2.92. The molecule has 0 aromatic carbocycles. The molecule has 0 saturated carbocycles. The normalized spacial score (nSPS) is 33.5. The minimum atomic E-state index is 0.802. The van der Waals surface area contributed by atoms with Crippen LogP contribution in [-0.4, -0.2) is 22.0 Å². The minimum Gasteiger partial charge on any atom is -0.293 e. The third kappa shape index (κ3) is 1.57. The van der Waals surface area contributed by atoms with Crippen LogP contribution in [0.15, 0.2) is 0 Å². The monoisotopic (exact) mass is 270 g/mol. The summed E-state index contributed by atoms with van der Waals surface area (Å²) in [5.41, 5.74) is 7.64. The summed E-state index contributed by atoms with van der Waals surface area (Å²) in [5.74, 6) is 0.802. The Balaban J connectivity index is 1.88. The van der Waals surface area contributed by atoms with E-state index in [-0.39, 0.29) is 0 Å². The van der Waals surface area contributed by atoms with Crippen LogP contribution in [0.25, 0.3) is 0 Å². The molecule has 3 aliphatic rings. The molecule has 3 aliphatic heterocycles. The molecule has 0 aliphatic carbocycles. The Morgan fingerprint density at radius 3 is 2.80 bits per heavy atom. The third-order valence-electron chi connectivity index (χ3n) is 6.01. The highest BCUT2D eigenvalue weighted by atomic mass is 15.2. The van der Waals surface area contributed by atoms with Crippen molar-refractivity contribution in [2.75, 3.05) is 0 Å². The lowest BCUT2D eigenvalue weighted by molar-refractivity contribution is 0.225. The van der Waals surface area contributed by atoms with Crippen LogP contribution in [0.1, 0.15) is 73.5 Å². The second-order valence-corrected chi connectivity index (χ2v) is 6.94. The van der Waals surface area contributed by atoms with Crippen LogP contribution in [0.4, 0.5) is 0 Å². The molecule has 2 saturated heterocycles. The van der Waals surface area contributed by atoms with Gasteiger partial charge in [0, 0.05) is 35.9 Å². The number of fused-ring (bicyclic) bond motifs is 2. The fourth-order valence-electron chi connectivity index (χ4n) is 5.11. The summed E-state index contributed by atoms with van der Waals surface area (Å²) in [6.45, 7) is 8.06. The van der Waals surface area contributed by atoms with Crippen LogP contribution in [0.2, 0.25) is 0 Å². The van der Waals surface area contributed by atoms with Gasteiger partial charge in [0.15, 0.2) is 0 Å². The third-order valence-corrected chi connectivity index (χ3v) is 6.01. The standard InChI is InChI=1S/C18H26N2/c1-4-6-16-18-13-9-12-7-8-17(13)20(12)10-14(18)11(3)15(5-2)19-16/h12-13,17H,4-10H2,1-3H3/t12?,13-,17?/m0/s1. The molecule has 2 fully saturated rings. The Bertz CT molecular complexity index is 549. The number of nitrogens with zero attached hydrogens (tertiary/aromatic N) is 2. The van der Waals surface area contributed by atoms with E-state index in [2.05, 4.69) is 25.7 Å². The summed E-state index contributed by atoms with van der Waals surface area (Å²) < 4.78 is 0. The van der Waals surface area contributed by atoms with E-state index in [4.69, 9.17) is 4.98 Å². The Labute approximate surface area is 122 Å². The van der Waals surface area contributed by atoms with Gasteiger partial charge in [-0.3, -0.25) is 9.88 Å². The molecular weight excluding hydrogens is 244 g/mol. The van der Waals surface area contributed by atoms with Crippen molar-refractivity contribution in [2.24, 2.45) is 0 Å². The zero-order valence-electron chi connectivity index (χ0n) is 13.1. The van der Waals surface area contributed by atoms with Gasteiger partial charge in [-0.25, -0.2) is 0 Å². The largest absolute Gasteiger partial charge is 0.293 e. The van der Waals surface area contributed by atoms with Gasteiger partial charge in [-0.1, -0.05) is 20.3 Å². The fraction of sp³-hybridized carbons (Fsp3) is 0.722. The summed E-state index contributed by atoms with van der Waals surface area (Å²) in [6.07, 6.45) is 7.73. The fourth-order valence-corrected chi connectivity index (χ4v) is 5.11. The summed E-state index contributed by atoms with van der Waals surface area (Å²) in [4.78, 5) is 7.89. The van der Waals surface area contributed by atoms with Crippen LogP contribution in [0, 0.1) is 6.92 Å². The molecule has 3 unspecified atom stereocenters. The Morgan fingerprint density at radius 2 is 2.05 bits per heavy atom. The van der Waals surface area contributed by atoms with Gasteiger partial charge in [-0.05, 0) is 55.7 Å². The van der Waals surface area contributed by atoms with Gasteiger partial charge in [-0.15, -0.1) is 0 Å². The van der Waals surface area contributed by atoms with Gasteiger partial charge in [-0.2, -0.15) is 0 Å². The molecule has 2 heteroatoms. The lowest BCUT2D eigenvalue weighted by atomic mass is 9.78. The van der Waals surface area contributed by atoms with E-state index in [9.17, 15) is 0 Å². The first-order valence-corrected chi connectivity index (χ1v) is 8.51. The van der Waals surface area contributed by atoms with E-state index in [1.807, 2.05) is 0 Å². The summed E-state index contributed by atoms with van der Waals surface area (Å²) in [7, 11) is 0. The molecule has 1 aromatic heterocycles. The number of hydrogen-bond donors (Lipinski definition) is 0. The van der Waals surface area contributed by atoms with Crippen LogP contribution in [-0.2, 0) is 19.4 Å². The van der Waals surface area contributed by atoms with Crippen molar-refractivity contribution in [2.45, 2.75) is 83.8 Å². The Hall–Kier alpha value is -0.890. The highest BCUT2D eigenvalue weighted by Gasteiger charge is 2.51. The smallest absolute Gasteiger partial charge is 0.0445 e. The molecule has 4 rings (SSSR count). The van der Waals surface area contributed by atoms with E-state index in [0.717, 1.165) is 24.4 Å². The SMILES string of the molecule is CCCc1nc(CC)c(C)c2c1[C@H]1CC3CCC1N3C2. The minimum absolute atomic E-state index is 0.802. The zero-order chi connectivity index (χ0) is 13.9. The highest BCUT2D eigenvalue weighted by molar-refractivity contribution is 5.46. The maximum Gasteiger partial charge on any atom is 0.0445 e. The van der Waals surface area contributed by atoms with Gasteiger partial charge >= 0.3 is 0 Å². The maximum absolute atomic E-state index is 5.08. The van der Waals surface area contributed by atoms with E-state index < -0.39 is 0 Å². The first-order chi connectivity index (χ1) is 9.74. The van der Waals surface area contributed by atoms with Gasteiger partial charge in [0.25, 0.3) is 0 Å². The van der Waals surface area contributed by atoms with E-state index >= 15 is 0 Å². The number of hydrogen-bond acceptors (Lipinski definition) is 2. The topological polar surface area (TPSA) is 16.1 Å². The highest BCUT2D eigenvalue weighted by Crippen LogP contribution is 2.53. The summed E-state index contributed by atoms with van der Waals surface area (Å²) >= 11 is 0. The zero-order valence-corrected chi connectivity index (χ0v) is 13.1. The molecule has 0 spiro atoms. The quantitative estimate of drug-likeness (QED) is 0.832. The van der Waals surface area contributed by atoms with Gasteiger partial charge < -0.3 is 0 Å². The first-order valence-electron chi connectivity index (χ1n) is 8.51. The first kappa shape index (κ1) is 12.8. The van der Waals surface area contributed by atoms with Crippen molar-refractivity contribution in [1.29, 1.82) is 0 Å². The van der Waals surface area contributed by atoms with Crippen molar-refractivity contribution < 1.29 is 0 Å². The van der Waals surface area contributed by atoms with Crippen LogP contribution < -0.4 is 0 Å². The summed E-state index contributed by atoms with van der Waals surface area (Å²) in [5, 5.41) is 0. The van der Waals surface area contributed by atoms with E-state index in [0.29, 0.717) is 0 Å². The molecule has 4 heterocycles. The predicted octanol–water partition coefficient (Wildman–Crippen LogP) is 3.74. The van der Waals surface area contributed by atoms with Crippen molar-refractivity contribution in [3.8, 4) is 0 Å². The molecule has 0 N–H and O–H groups in total. The lowest BCUT2D eigenvalue weighted by Gasteiger charge is -2.35. The van der Waals surface area contributed by atoms with Crippen LogP contribution in [0.5, 0.6) is 0 Å². The molecule has 2 nitrogen and oxygen atoms in total. The van der Waals surface area contributed by atoms with Gasteiger partial charge in [0.1, 0.15) is 0 Å². The van der Waals surface area contributed by atoms with Gasteiger partial charge in [0.2, 0.25) is 0 Å². The van der Waals surface area contributed by atoms with E-state index in [1.54, 1.807) is 11.1 Å². The second-order valence-electron chi connectivity index (χ2n) is 6.94. The van der Waals surface area contributed by atoms with Crippen molar-refractivity contribution in [1.82, 2.24) is 9.88 Å². The average molecular weight is 270 g/mol. The molecule has 4 bridgehead atoms. The van der Waals surface area contributed by atoms with Gasteiger partial charge in [0.05, 0.1) is 0 Å². The van der Waals surface area contributed by atoms with Crippen molar-refractivity contribution in [3.63, 3.8) is 0 Å². The molecule has 4 atom stereocenters. The molecule has 0 radical (unpaired) electrons. The van der Waals surface area contributed by atoms with Crippen molar-refractivity contribution in [3.05, 3.63) is 28.1 Å². The van der Waals surface area contributed by atoms with E-state index in [1.165, 1.54) is 55.6 Å². The predicted molar refractivity (Wildman–Crippen MR) is 82.1 cm³/mol. The summed E-state index contributed by atoms with van der Waals surface area (Å²) in [6, 6.07) is 1.72. The molecule has 1 aromatic rings. The second kappa shape index (κ2) is 4.56.